The summed E-state index contributed by atoms with van der Waals surface area (Å²) < 4.78 is 10.0. The minimum Gasteiger partial charge on any atom is -0.379 e. The first-order valence-electron chi connectivity index (χ1n) is 8.47. The molecule has 1 aromatic rings. The van der Waals surface area contributed by atoms with Crippen LogP contribution in [0.25, 0.3) is 0 Å². The van der Waals surface area contributed by atoms with Crippen molar-refractivity contribution in [1.82, 2.24) is 15.0 Å². The number of carbonyl (C=O) groups is 2. The Bertz CT molecular complexity index is 500. The molecule has 1 aliphatic rings. The molecule has 0 aliphatic carbocycles. The second-order valence-electron chi connectivity index (χ2n) is 5.81. The molecule has 0 saturated carbocycles. The molecule has 134 valence electrons. The topological polar surface area (TPSA) is 87.9 Å². The van der Waals surface area contributed by atoms with E-state index in [1.807, 2.05) is 6.92 Å². The van der Waals surface area contributed by atoms with Crippen LogP contribution in [0.2, 0.25) is 0 Å². The molecule has 0 unspecified atom stereocenters. The average molecular weight is 338 g/mol. The molecule has 0 bridgehead atoms. The highest BCUT2D eigenvalue weighted by Crippen LogP contribution is 2.05. The highest BCUT2D eigenvalue weighted by Gasteiger charge is 2.18. The van der Waals surface area contributed by atoms with Gasteiger partial charge in [0.2, 0.25) is 11.8 Å². The van der Waals surface area contributed by atoms with Crippen LogP contribution < -0.4 is 5.32 Å². The van der Waals surface area contributed by atoms with Crippen molar-refractivity contribution >= 4 is 17.6 Å². The van der Waals surface area contributed by atoms with Crippen LogP contribution >= 0.6 is 0 Å². The third-order valence-corrected chi connectivity index (χ3v) is 3.86. The number of nitrogens with zero attached hydrogens (tertiary/aromatic N) is 3. The fourth-order valence-electron chi connectivity index (χ4n) is 2.61. The normalized spacial score (nSPS) is 15.2. The molecule has 8 heteroatoms. The summed E-state index contributed by atoms with van der Waals surface area (Å²) in [6, 6.07) is 1.56. The highest BCUT2D eigenvalue weighted by atomic mass is 16.5. The zero-order valence-electron chi connectivity index (χ0n) is 14.2. The van der Waals surface area contributed by atoms with Crippen molar-refractivity contribution < 1.29 is 18.8 Å². The van der Waals surface area contributed by atoms with Crippen LogP contribution in [0.3, 0.4) is 0 Å². The maximum Gasteiger partial charge on any atom is 0.245 e. The van der Waals surface area contributed by atoms with E-state index in [4.69, 9.17) is 4.74 Å². The van der Waals surface area contributed by atoms with Gasteiger partial charge in [0, 0.05) is 38.7 Å². The van der Waals surface area contributed by atoms with E-state index in [2.05, 4.69) is 19.9 Å². The summed E-state index contributed by atoms with van der Waals surface area (Å²) >= 11 is 0. The van der Waals surface area contributed by atoms with Gasteiger partial charge >= 0.3 is 0 Å². The van der Waals surface area contributed by atoms with Gasteiger partial charge in [0.1, 0.15) is 6.26 Å². The number of amides is 2. The molecule has 1 N–H and O–H groups in total. The Kier molecular flexibility index (Phi) is 7.70. The van der Waals surface area contributed by atoms with Gasteiger partial charge in [-0.15, -0.1) is 0 Å². The van der Waals surface area contributed by atoms with Gasteiger partial charge in [-0.2, -0.15) is 0 Å². The molecule has 0 radical (unpaired) electrons. The molecular formula is C16H26N4O4. The Labute approximate surface area is 142 Å². The molecule has 1 aromatic heterocycles. The van der Waals surface area contributed by atoms with Crippen molar-refractivity contribution in [3.63, 3.8) is 0 Å². The summed E-state index contributed by atoms with van der Waals surface area (Å²) in [5.74, 6) is 0.103. The van der Waals surface area contributed by atoms with Crippen LogP contribution in [-0.2, 0) is 14.3 Å². The average Bonchev–Trinajstić information content (AvgIpc) is 3.08. The summed E-state index contributed by atoms with van der Waals surface area (Å²) in [5, 5.41) is 6.26. The fourth-order valence-corrected chi connectivity index (χ4v) is 2.61. The van der Waals surface area contributed by atoms with Gasteiger partial charge in [0.25, 0.3) is 0 Å². The van der Waals surface area contributed by atoms with E-state index < -0.39 is 0 Å². The second-order valence-corrected chi connectivity index (χ2v) is 5.81. The molecule has 8 nitrogen and oxygen atoms in total. The summed E-state index contributed by atoms with van der Waals surface area (Å²) in [6.07, 6.45) is 3.45. The number of morpholine rings is 1. The van der Waals surface area contributed by atoms with Crippen molar-refractivity contribution in [2.24, 2.45) is 0 Å². The number of hydrogen-bond donors (Lipinski definition) is 1. The fraction of sp³-hybridized carbons (Fsp3) is 0.688. The van der Waals surface area contributed by atoms with Crippen molar-refractivity contribution in [1.29, 1.82) is 0 Å². The van der Waals surface area contributed by atoms with Gasteiger partial charge in [-0.05, 0) is 12.8 Å². The van der Waals surface area contributed by atoms with Crippen LogP contribution in [0.5, 0.6) is 0 Å². The summed E-state index contributed by atoms with van der Waals surface area (Å²) in [6.45, 7) is 6.85. The molecule has 0 aromatic carbocycles. The molecule has 1 saturated heterocycles. The SMILES string of the molecule is CCCC(=O)N(CCCN1CCOCC1)CC(=O)Nc1ccon1. The molecule has 2 rings (SSSR count). The van der Waals surface area contributed by atoms with Gasteiger partial charge in [-0.3, -0.25) is 14.5 Å². The number of rotatable bonds is 9. The molecule has 1 fully saturated rings. The first-order valence-corrected chi connectivity index (χ1v) is 8.47. The molecule has 24 heavy (non-hydrogen) atoms. The molecule has 2 amide bonds. The molecule has 2 heterocycles. The van der Waals surface area contributed by atoms with E-state index in [0.29, 0.717) is 18.8 Å². The van der Waals surface area contributed by atoms with Crippen molar-refractivity contribution in [2.75, 3.05) is 51.3 Å². The summed E-state index contributed by atoms with van der Waals surface area (Å²) in [4.78, 5) is 28.3. The van der Waals surface area contributed by atoms with E-state index in [1.165, 1.54) is 6.26 Å². The third kappa shape index (κ3) is 6.29. The Balaban J connectivity index is 1.79. The number of aromatic nitrogens is 1. The van der Waals surface area contributed by atoms with Gasteiger partial charge in [0.05, 0.1) is 19.8 Å². The molecule has 0 atom stereocenters. The Hall–Kier alpha value is -1.93. The van der Waals surface area contributed by atoms with E-state index in [0.717, 1.165) is 45.7 Å². The summed E-state index contributed by atoms with van der Waals surface area (Å²) in [5.41, 5.74) is 0. The largest absolute Gasteiger partial charge is 0.379 e. The highest BCUT2D eigenvalue weighted by molar-refractivity contribution is 5.93. The van der Waals surface area contributed by atoms with Crippen LogP contribution in [0.15, 0.2) is 16.9 Å². The van der Waals surface area contributed by atoms with E-state index in [9.17, 15) is 9.59 Å². The second kappa shape index (κ2) is 10.0. The first kappa shape index (κ1) is 18.4. The lowest BCUT2D eigenvalue weighted by Gasteiger charge is -2.28. The monoisotopic (exact) mass is 338 g/mol. The lowest BCUT2D eigenvalue weighted by atomic mass is 10.2. The van der Waals surface area contributed by atoms with E-state index >= 15 is 0 Å². The quantitative estimate of drug-likeness (QED) is 0.722. The number of ether oxygens (including phenoxy) is 1. The lowest BCUT2D eigenvalue weighted by Crippen LogP contribution is -2.41. The van der Waals surface area contributed by atoms with Crippen LogP contribution in [0, 0.1) is 0 Å². The minimum atomic E-state index is -0.264. The van der Waals surface area contributed by atoms with Crippen LogP contribution in [0.4, 0.5) is 5.82 Å². The Morgan fingerprint density at radius 1 is 1.38 bits per heavy atom. The standard InChI is InChI=1S/C16H26N4O4/c1-2-4-16(22)20(7-3-6-19-8-11-23-12-9-19)13-15(21)17-14-5-10-24-18-14/h5,10H,2-4,6-9,11-13H2,1H3,(H,17,18,21). The first-order chi connectivity index (χ1) is 11.7. The Morgan fingerprint density at radius 2 is 2.17 bits per heavy atom. The maximum atomic E-state index is 12.2. The number of nitrogens with one attached hydrogen (secondary N) is 1. The number of carbonyl (C=O) groups excluding carboxylic acids is 2. The maximum absolute atomic E-state index is 12.2. The smallest absolute Gasteiger partial charge is 0.245 e. The molecule has 1 aliphatic heterocycles. The predicted molar refractivity (Wildman–Crippen MR) is 88.5 cm³/mol. The minimum absolute atomic E-state index is 0.00906. The van der Waals surface area contributed by atoms with E-state index in [-0.39, 0.29) is 18.4 Å². The zero-order chi connectivity index (χ0) is 17.2. The van der Waals surface area contributed by atoms with Crippen molar-refractivity contribution in [2.45, 2.75) is 26.2 Å². The van der Waals surface area contributed by atoms with Gasteiger partial charge in [0.15, 0.2) is 5.82 Å². The third-order valence-electron chi connectivity index (χ3n) is 3.86. The van der Waals surface area contributed by atoms with Crippen LogP contribution in [-0.4, -0.2) is 72.7 Å². The zero-order valence-corrected chi connectivity index (χ0v) is 14.2. The molecular weight excluding hydrogens is 312 g/mol. The Morgan fingerprint density at radius 3 is 2.83 bits per heavy atom. The van der Waals surface area contributed by atoms with E-state index in [1.54, 1.807) is 11.0 Å². The van der Waals surface area contributed by atoms with Gasteiger partial charge < -0.3 is 19.5 Å². The predicted octanol–water partition coefficient (Wildman–Crippen LogP) is 0.964. The van der Waals surface area contributed by atoms with Gasteiger partial charge in [-0.1, -0.05) is 12.1 Å². The van der Waals surface area contributed by atoms with Crippen molar-refractivity contribution in [3.8, 4) is 0 Å². The van der Waals surface area contributed by atoms with Crippen molar-refractivity contribution in [3.05, 3.63) is 12.3 Å². The number of anilines is 1. The lowest BCUT2D eigenvalue weighted by molar-refractivity contribution is -0.134. The molecule has 0 spiro atoms. The summed E-state index contributed by atoms with van der Waals surface area (Å²) in [7, 11) is 0. The van der Waals surface area contributed by atoms with Crippen LogP contribution in [0.1, 0.15) is 26.2 Å². The van der Waals surface area contributed by atoms with Gasteiger partial charge in [-0.25, -0.2) is 0 Å². The number of hydrogen-bond acceptors (Lipinski definition) is 6.